The molecule has 2 N–H and O–H groups in total. The number of nitriles is 1. The fourth-order valence-corrected chi connectivity index (χ4v) is 3.21. The first-order valence-corrected chi connectivity index (χ1v) is 8.42. The lowest BCUT2D eigenvalue weighted by Gasteiger charge is -2.32. The predicted molar refractivity (Wildman–Crippen MR) is 94.6 cm³/mol. The smallest absolute Gasteiger partial charge is 0.361 e. The van der Waals surface area contributed by atoms with E-state index in [1.165, 1.54) is 17.0 Å². The van der Waals surface area contributed by atoms with Gasteiger partial charge in [0.25, 0.3) is 0 Å². The van der Waals surface area contributed by atoms with Gasteiger partial charge in [-0.15, -0.1) is 0 Å². The van der Waals surface area contributed by atoms with Gasteiger partial charge in [0, 0.05) is 18.8 Å². The van der Waals surface area contributed by atoms with Crippen molar-refractivity contribution in [2.24, 2.45) is 5.92 Å². The Balaban J connectivity index is 2.34. The van der Waals surface area contributed by atoms with Gasteiger partial charge in [-0.05, 0) is 37.0 Å². The number of amidine groups is 1. The fraction of sp³-hybridized carbons (Fsp3) is 0.500. The van der Waals surface area contributed by atoms with Crippen molar-refractivity contribution in [1.29, 1.82) is 16.1 Å². The van der Waals surface area contributed by atoms with E-state index in [0.717, 1.165) is 18.8 Å². The van der Waals surface area contributed by atoms with E-state index in [9.17, 15) is 13.2 Å². The van der Waals surface area contributed by atoms with Crippen molar-refractivity contribution in [3.8, 4) is 6.07 Å². The van der Waals surface area contributed by atoms with E-state index in [0.29, 0.717) is 25.2 Å². The van der Waals surface area contributed by atoms with E-state index in [2.05, 4.69) is 0 Å². The molecule has 1 aliphatic heterocycles. The van der Waals surface area contributed by atoms with Crippen molar-refractivity contribution in [3.63, 3.8) is 0 Å². The SMILES string of the molecule is CC(C)CN(C=N)C(=N)C1CCCN1c1ccc(C#N)c(C(F)(F)F)c1. The molecule has 26 heavy (non-hydrogen) atoms. The van der Waals surface area contributed by atoms with Gasteiger partial charge in [-0.3, -0.25) is 10.8 Å². The van der Waals surface area contributed by atoms with E-state index in [4.69, 9.17) is 16.1 Å². The second-order valence-corrected chi connectivity index (χ2v) is 6.75. The Morgan fingerprint density at radius 2 is 2.15 bits per heavy atom. The molecule has 1 atom stereocenters. The summed E-state index contributed by atoms with van der Waals surface area (Å²) < 4.78 is 39.7. The van der Waals surface area contributed by atoms with Crippen molar-refractivity contribution in [2.45, 2.75) is 38.9 Å². The molecular weight excluding hydrogens is 343 g/mol. The maximum atomic E-state index is 13.2. The van der Waals surface area contributed by atoms with Crippen LogP contribution in [-0.2, 0) is 6.18 Å². The lowest BCUT2D eigenvalue weighted by atomic mass is 10.1. The second-order valence-electron chi connectivity index (χ2n) is 6.75. The highest BCUT2D eigenvalue weighted by Gasteiger charge is 2.36. The summed E-state index contributed by atoms with van der Waals surface area (Å²) >= 11 is 0. The predicted octanol–water partition coefficient (Wildman–Crippen LogP) is 4.09. The monoisotopic (exact) mass is 365 g/mol. The van der Waals surface area contributed by atoms with Crippen LogP contribution in [-0.4, -0.2) is 36.2 Å². The van der Waals surface area contributed by atoms with Gasteiger partial charge < -0.3 is 9.80 Å². The number of nitrogens with one attached hydrogen (secondary N) is 2. The van der Waals surface area contributed by atoms with E-state index < -0.39 is 17.3 Å². The highest BCUT2D eigenvalue weighted by Crippen LogP contribution is 2.36. The molecule has 1 aromatic rings. The Bertz CT molecular complexity index is 721. The molecule has 0 radical (unpaired) electrons. The zero-order chi connectivity index (χ0) is 19.5. The average Bonchev–Trinajstić information content (AvgIpc) is 3.07. The molecule has 0 aliphatic carbocycles. The number of alkyl halides is 3. The van der Waals surface area contributed by atoms with Crippen LogP contribution in [0.2, 0.25) is 0 Å². The first-order valence-electron chi connectivity index (χ1n) is 8.42. The molecule has 1 aliphatic rings. The third-order valence-corrected chi connectivity index (χ3v) is 4.36. The van der Waals surface area contributed by atoms with E-state index in [1.807, 2.05) is 13.8 Å². The average molecular weight is 365 g/mol. The summed E-state index contributed by atoms with van der Waals surface area (Å²) in [6.07, 6.45) is -2.12. The highest BCUT2D eigenvalue weighted by molar-refractivity contribution is 5.95. The van der Waals surface area contributed by atoms with Crippen LogP contribution in [0.3, 0.4) is 0 Å². The molecular formula is C18H22F3N5. The largest absolute Gasteiger partial charge is 0.417 e. The maximum Gasteiger partial charge on any atom is 0.417 e. The molecule has 0 aromatic heterocycles. The van der Waals surface area contributed by atoms with Crippen LogP contribution in [0, 0.1) is 28.1 Å². The Morgan fingerprint density at radius 1 is 1.46 bits per heavy atom. The zero-order valence-corrected chi connectivity index (χ0v) is 14.8. The van der Waals surface area contributed by atoms with Gasteiger partial charge in [0.2, 0.25) is 0 Å². The summed E-state index contributed by atoms with van der Waals surface area (Å²) in [5.74, 6) is 0.461. The third kappa shape index (κ3) is 4.15. The summed E-state index contributed by atoms with van der Waals surface area (Å²) in [4.78, 5) is 3.29. The van der Waals surface area contributed by atoms with Gasteiger partial charge in [0.15, 0.2) is 0 Å². The number of hydrogen-bond acceptors (Lipinski definition) is 4. The lowest BCUT2D eigenvalue weighted by Crippen LogP contribution is -2.46. The molecule has 140 valence electrons. The number of hydrogen-bond donors (Lipinski definition) is 2. The van der Waals surface area contributed by atoms with Gasteiger partial charge in [0.1, 0.15) is 5.84 Å². The minimum Gasteiger partial charge on any atom is -0.361 e. The summed E-state index contributed by atoms with van der Waals surface area (Å²) in [5.41, 5.74) is -1.02. The summed E-state index contributed by atoms with van der Waals surface area (Å²) in [6, 6.07) is 4.86. The van der Waals surface area contributed by atoms with E-state index >= 15 is 0 Å². The molecule has 8 heteroatoms. The lowest BCUT2D eigenvalue weighted by molar-refractivity contribution is -0.137. The molecule has 0 bridgehead atoms. The highest BCUT2D eigenvalue weighted by atomic mass is 19.4. The van der Waals surface area contributed by atoms with Crippen molar-refractivity contribution in [2.75, 3.05) is 18.0 Å². The molecule has 0 spiro atoms. The number of benzene rings is 1. The van der Waals surface area contributed by atoms with Crippen molar-refractivity contribution >= 4 is 17.9 Å². The number of halogens is 3. The van der Waals surface area contributed by atoms with Crippen LogP contribution in [0.25, 0.3) is 0 Å². The molecule has 1 heterocycles. The minimum absolute atomic E-state index is 0.212. The number of rotatable bonds is 5. The van der Waals surface area contributed by atoms with Crippen molar-refractivity contribution < 1.29 is 13.2 Å². The molecule has 1 aromatic carbocycles. The minimum atomic E-state index is -4.61. The van der Waals surface area contributed by atoms with Crippen LogP contribution in [0.1, 0.15) is 37.8 Å². The molecule has 1 saturated heterocycles. The Labute approximate surface area is 151 Å². The molecule has 2 rings (SSSR count). The molecule has 5 nitrogen and oxygen atoms in total. The van der Waals surface area contributed by atoms with Crippen LogP contribution in [0.4, 0.5) is 18.9 Å². The van der Waals surface area contributed by atoms with Crippen LogP contribution in [0.15, 0.2) is 18.2 Å². The van der Waals surface area contributed by atoms with Crippen LogP contribution in [0.5, 0.6) is 0 Å². The van der Waals surface area contributed by atoms with Crippen LogP contribution >= 0.6 is 0 Å². The standard InChI is InChI=1S/C18H22F3N5/c1-12(2)10-25(11-23)17(24)16-4-3-7-26(16)14-6-5-13(9-22)15(8-14)18(19,20)21/h5-6,8,11-12,16,23-24H,3-4,7,10H2,1-2H3. The zero-order valence-electron chi connectivity index (χ0n) is 14.8. The van der Waals surface area contributed by atoms with Gasteiger partial charge in [-0.2, -0.15) is 18.4 Å². The Hall–Kier alpha value is -2.56. The maximum absolute atomic E-state index is 13.2. The Morgan fingerprint density at radius 3 is 2.69 bits per heavy atom. The molecule has 0 saturated carbocycles. The van der Waals surface area contributed by atoms with Crippen molar-refractivity contribution in [1.82, 2.24) is 4.90 Å². The molecule has 1 unspecified atom stereocenters. The number of nitrogens with zero attached hydrogens (tertiary/aromatic N) is 3. The van der Waals surface area contributed by atoms with Crippen molar-refractivity contribution in [3.05, 3.63) is 29.3 Å². The van der Waals surface area contributed by atoms with Gasteiger partial charge in [-0.25, -0.2) is 0 Å². The van der Waals surface area contributed by atoms with E-state index in [-0.39, 0.29) is 17.8 Å². The third-order valence-electron chi connectivity index (χ3n) is 4.36. The molecule has 1 fully saturated rings. The van der Waals surface area contributed by atoms with Gasteiger partial charge in [0.05, 0.1) is 29.6 Å². The summed E-state index contributed by atoms with van der Waals surface area (Å²) in [6.45, 7) is 5.00. The van der Waals surface area contributed by atoms with E-state index in [1.54, 1.807) is 11.0 Å². The normalized spacial score (nSPS) is 17.3. The van der Waals surface area contributed by atoms with Gasteiger partial charge >= 0.3 is 6.18 Å². The Kier molecular flexibility index (Phi) is 5.90. The quantitative estimate of drug-likeness (QED) is 0.609. The number of anilines is 1. The topological polar surface area (TPSA) is 78.0 Å². The molecule has 0 amide bonds. The summed E-state index contributed by atoms with van der Waals surface area (Å²) in [7, 11) is 0. The second kappa shape index (κ2) is 7.77. The van der Waals surface area contributed by atoms with Crippen LogP contribution < -0.4 is 4.90 Å². The first-order chi connectivity index (χ1) is 12.2. The summed E-state index contributed by atoms with van der Waals surface area (Å²) in [5, 5.41) is 24.9. The van der Waals surface area contributed by atoms with Gasteiger partial charge in [-0.1, -0.05) is 13.8 Å². The first kappa shape index (κ1) is 19.8. The fourth-order valence-electron chi connectivity index (χ4n) is 3.21.